The van der Waals surface area contributed by atoms with Crippen LogP contribution in [-0.4, -0.2) is 60.1 Å². The molecule has 0 spiro atoms. The van der Waals surface area contributed by atoms with Crippen LogP contribution in [0.25, 0.3) is 0 Å². The molecule has 1 unspecified atom stereocenters. The minimum atomic E-state index is -0.468. The van der Waals surface area contributed by atoms with Crippen molar-refractivity contribution in [2.75, 3.05) is 39.3 Å². The molecule has 0 radical (unpaired) electrons. The summed E-state index contributed by atoms with van der Waals surface area (Å²) < 4.78 is 0. The zero-order valence-corrected chi connectivity index (χ0v) is 14.3. The van der Waals surface area contributed by atoms with Crippen LogP contribution in [0.2, 0.25) is 0 Å². The van der Waals surface area contributed by atoms with Crippen molar-refractivity contribution in [1.82, 2.24) is 9.80 Å². The number of rotatable bonds is 5. The van der Waals surface area contributed by atoms with E-state index >= 15 is 0 Å². The fourth-order valence-electron chi connectivity index (χ4n) is 4.05. The second kappa shape index (κ2) is 8.10. The highest BCUT2D eigenvalue weighted by atomic mass is 16.3. The average Bonchev–Trinajstić information content (AvgIpc) is 3.11. The molecule has 24 heavy (non-hydrogen) atoms. The van der Waals surface area contributed by atoms with E-state index in [1.807, 2.05) is 35.2 Å². The number of nitrogens with zero attached hydrogens (tertiary/aromatic N) is 2. The zero-order valence-electron chi connectivity index (χ0n) is 14.3. The molecular formula is C19H29N3O2. The second-order valence-electron chi connectivity index (χ2n) is 7.09. The van der Waals surface area contributed by atoms with Crippen molar-refractivity contribution in [2.45, 2.75) is 25.4 Å². The van der Waals surface area contributed by atoms with Gasteiger partial charge in [-0.3, -0.25) is 9.69 Å². The SMILES string of the molecule is NC[C@H]1CCC[C@H]1C(=O)N1CCN(CC(O)c2ccccc2)CC1. The van der Waals surface area contributed by atoms with E-state index in [0.29, 0.717) is 24.9 Å². The van der Waals surface area contributed by atoms with Crippen molar-refractivity contribution in [3.05, 3.63) is 35.9 Å². The highest BCUT2D eigenvalue weighted by Crippen LogP contribution is 2.32. The monoisotopic (exact) mass is 331 g/mol. The summed E-state index contributed by atoms with van der Waals surface area (Å²) in [5, 5.41) is 10.4. The van der Waals surface area contributed by atoms with Gasteiger partial charge in [0.05, 0.1) is 6.10 Å². The van der Waals surface area contributed by atoms with Crippen LogP contribution in [0.3, 0.4) is 0 Å². The molecule has 2 aliphatic rings. The van der Waals surface area contributed by atoms with Crippen LogP contribution in [0.1, 0.15) is 30.9 Å². The van der Waals surface area contributed by atoms with E-state index in [1.54, 1.807) is 0 Å². The molecular weight excluding hydrogens is 302 g/mol. The predicted octanol–water partition coefficient (Wildman–Crippen LogP) is 1.24. The molecule has 0 bridgehead atoms. The molecule has 1 aromatic rings. The first-order valence-electron chi connectivity index (χ1n) is 9.13. The summed E-state index contributed by atoms with van der Waals surface area (Å²) in [6.07, 6.45) is 2.75. The quantitative estimate of drug-likeness (QED) is 0.852. The van der Waals surface area contributed by atoms with Crippen molar-refractivity contribution in [3.63, 3.8) is 0 Å². The number of nitrogens with two attached hydrogens (primary N) is 1. The van der Waals surface area contributed by atoms with Gasteiger partial charge in [0.2, 0.25) is 5.91 Å². The van der Waals surface area contributed by atoms with Crippen LogP contribution >= 0.6 is 0 Å². The summed E-state index contributed by atoms with van der Waals surface area (Å²) in [5.74, 6) is 0.804. The molecule has 3 N–H and O–H groups in total. The van der Waals surface area contributed by atoms with Gasteiger partial charge in [-0.15, -0.1) is 0 Å². The molecule has 0 aromatic heterocycles. The standard InChI is InChI=1S/C19H29N3O2/c20-13-16-7-4-8-17(16)19(24)22-11-9-21(10-12-22)14-18(23)15-5-2-1-3-6-15/h1-3,5-6,16-18,23H,4,7-14,20H2/t16-,17-,18?/m1/s1. The third-order valence-corrected chi connectivity index (χ3v) is 5.58. The zero-order chi connectivity index (χ0) is 16.9. The Kier molecular flexibility index (Phi) is 5.87. The minimum absolute atomic E-state index is 0.136. The lowest BCUT2D eigenvalue weighted by Gasteiger charge is -2.37. The molecule has 5 heteroatoms. The molecule has 5 nitrogen and oxygen atoms in total. The molecule has 3 atom stereocenters. The first kappa shape index (κ1) is 17.4. The summed E-state index contributed by atoms with van der Waals surface area (Å²) >= 11 is 0. The molecule has 1 aromatic carbocycles. The van der Waals surface area contributed by atoms with Crippen molar-refractivity contribution in [1.29, 1.82) is 0 Å². The average molecular weight is 331 g/mol. The van der Waals surface area contributed by atoms with E-state index in [-0.39, 0.29) is 5.92 Å². The van der Waals surface area contributed by atoms with Gasteiger partial charge in [0.15, 0.2) is 0 Å². The summed E-state index contributed by atoms with van der Waals surface area (Å²) in [5.41, 5.74) is 6.77. The van der Waals surface area contributed by atoms with Crippen molar-refractivity contribution >= 4 is 5.91 Å². The fraction of sp³-hybridized carbons (Fsp3) is 0.632. The second-order valence-corrected chi connectivity index (χ2v) is 7.09. The summed E-state index contributed by atoms with van der Waals surface area (Å²) in [6, 6.07) is 9.77. The number of benzene rings is 1. The Morgan fingerprint density at radius 3 is 2.54 bits per heavy atom. The van der Waals surface area contributed by atoms with Crippen LogP contribution in [0, 0.1) is 11.8 Å². The number of β-amino-alcohol motifs (C(OH)–C–C–N with tert-alkyl or cyclic N) is 1. The van der Waals surface area contributed by atoms with Gasteiger partial charge in [-0.1, -0.05) is 36.8 Å². The Balaban J connectivity index is 1.48. The van der Waals surface area contributed by atoms with Crippen molar-refractivity contribution < 1.29 is 9.90 Å². The Hall–Kier alpha value is -1.43. The topological polar surface area (TPSA) is 69.8 Å². The van der Waals surface area contributed by atoms with E-state index in [9.17, 15) is 9.90 Å². The highest BCUT2D eigenvalue weighted by Gasteiger charge is 2.35. The molecule has 1 saturated heterocycles. The van der Waals surface area contributed by atoms with E-state index in [1.165, 1.54) is 0 Å². The number of piperazine rings is 1. The van der Waals surface area contributed by atoms with Crippen LogP contribution in [0.4, 0.5) is 0 Å². The maximum Gasteiger partial charge on any atom is 0.226 e. The molecule has 1 saturated carbocycles. The fourth-order valence-corrected chi connectivity index (χ4v) is 4.05. The predicted molar refractivity (Wildman–Crippen MR) is 94.3 cm³/mol. The number of hydrogen-bond donors (Lipinski definition) is 2. The molecule has 132 valence electrons. The molecule has 1 heterocycles. The van der Waals surface area contributed by atoms with Crippen molar-refractivity contribution in [3.8, 4) is 0 Å². The van der Waals surface area contributed by atoms with Gasteiger partial charge in [-0.05, 0) is 30.9 Å². The molecule has 1 aliphatic carbocycles. The Morgan fingerprint density at radius 1 is 1.17 bits per heavy atom. The number of amides is 1. The maximum atomic E-state index is 12.7. The first-order valence-corrected chi connectivity index (χ1v) is 9.13. The van der Waals surface area contributed by atoms with Crippen LogP contribution in [0.5, 0.6) is 0 Å². The largest absolute Gasteiger partial charge is 0.387 e. The third kappa shape index (κ3) is 3.97. The van der Waals surface area contributed by atoms with Gasteiger partial charge in [0.25, 0.3) is 0 Å². The maximum absolute atomic E-state index is 12.7. The first-order chi connectivity index (χ1) is 11.7. The Labute approximate surface area is 144 Å². The summed E-state index contributed by atoms with van der Waals surface area (Å²) in [4.78, 5) is 17.0. The molecule has 3 rings (SSSR count). The van der Waals surface area contributed by atoms with E-state index in [4.69, 9.17) is 5.73 Å². The molecule has 1 aliphatic heterocycles. The van der Waals surface area contributed by atoms with Gasteiger partial charge >= 0.3 is 0 Å². The van der Waals surface area contributed by atoms with Gasteiger partial charge in [0.1, 0.15) is 0 Å². The van der Waals surface area contributed by atoms with Gasteiger partial charge in [-0.25, -0.2) is 0 Å². The normalized spacial score (nSPS) is 26.5. The Morgan fingerprint density at radius 2 is 1.88 bits per heavy atom. The van der Waals surface area contributed by atoms with Gasteiger partial charge < -0.3 is 15.7 Å². The lowest BCUT2D eigenvalue weighted by atomic mass is 9.94. The van der Waals surface area contributed by atoms with Crippen molar-refractivity contribution in [2.24, 2.45) is 17.6 Å². The van der Waals surface area contributed by atoms with Gasteiger partial charge in [0, 0.05) is 38.6 Å². The lowest BCUT2D eigenvalue weighted by Crippen LogP contribution is -2.51. The number of carbonyl (C=O) groups excluding carboxylic acids is 1. The minimum Gasteiger partial charge on any atom is -0.387 e. The van der Waals surface area contributed by atoms with Crippen LogP contribution in [-0.2, 0) is 4.79 Å². The number of hydrogen-bond acceptors (Lipinski definition) is 4. The molecule has 2 fully saturated rings. The number of aliphatic hydroxyl groups excluding tert-OH is 1. The summed E-state index contributed by atoms with van der Waals surface area (Å²) in [6.45, 7) is 4.42. The lowest BCUT2D eigenvalue weighted by molar-refractivity contribution is -0.138. The van der Waals surface area contributed by atoms with Gasteiger partial charge in [-0.2, -0.15) is 0 Å². The van der Waals surface area contributed by atoms with E-state index < -0.39 is 6.10 Å². The van der Waals surface area contributed by atoms with Crippen LogP contribution in [0.15, 0.2) is 30.3 Å². The highest BCUT2D eigenvalue weighted by molar-refractivity contribution is 5.79. The van der Waals surface area contributed by atoms with E-state index in [0.717, 1.165) is 51.0 Å². The smallest absolute Gasteiger partial charge is 0.226 e. The Bertz CT molecular complexity index is 529. The summed E-state index contributed by atoms with van der Waals surface area (Å²) in [7, 11) is 0. The number of aliphatic hydroxyl groups is 1. The van der Waals surface area contributed by atoms with Crippen LogP contribution < -0.4 is 5.73 Å². The third-order valence-electron chi connectivity index (χ3n) is 5.58. The molecule has 1 amide bonds. The van der Waals surface area contributed by atoms with E-state index in [2.05, 4.69) is 4.90 Å². The number of carbonyl (C=O) groups is 1.